The summed E-state index contributed by atoms with van der Waals surface area (Å²) in [6.07, 6.45) is 0. The van der Waals surface area contributed by atoms with Crippen LogP contribution in [-0.4, -0.2) is 29.1 Å². The Labute approximate surface area is 87.3 Å². The quantitative estimate of drug-likeness (QED) is 0.620. The van der Waals surface area contributed by atoms with E-state index in [1.165, 1.54) is 0 Å². The smallest absolute Gasteiger partial charge is 0.218 e. The molecular weight excluding hydrogens is 190 g/mol. The summed E-state index contributed by atoms with van der Waals surface area (Å²) >= 11 is 0. The molecule has 3 rings (SSSR count). The fraction of sp³-hybridized carbons (Fsp3) is 0.300. The average molecular weight is 203 g/mol. The SMILES string of the molecule is NC1CNN(c2nc3ccccc3[nH]2)C1. The van der Waals surface area contributed by atoms with Crippen molar-refractivity contribution in [1.82, 2.24) is 15.4 Å². The monoisotopic (exact) mass is 203 g/mol. The second kappa shape index (κ2) is 3.22. The standard InChI is InChI=1S/C10H13N5/c11-7-5-12-15(6-7)10-13-8-3-1-2-4-9(8)14-10/h1-4,7,12H,5-6,11H2,(H,13,14). The van der Waals surface area contributed by atoms with Crippen LogP contribution in [0.4, 0.5) is 5.95 Å². The number of hydrogen-bond donors (Lipinski definition) is 3. The van der Waals surface area contributed by atoms with E-state index in [0.717, 1.165) is 30.1 Å². The first-order chi connectivity index (χ1) is 7.33. The van der Waals surface area contributed by atoms with E-state index in [9.17, 15) is 0 Å². The van der Waals surface area contributed by atoms with Gasteiger partial charge in [0, 0.05) is 12.6 Å². The van der Waals surface area contributed by atoms with Crippen LogP contribution in [0.2, 0.25) is 0 Å². The van der Waals surface area contributed by atoms with Crippen LogP contribution in [0.15, 0.2) is 24.3 Å². The van der Waals surface area contributed by atoms with Crippen molar-refractivity contribution in [2.24, 2.45) is 5.73 Å². The average Bonchev–Trinajstić information content (AvgIpc) is 2.82. The molecule has 0 bridgehead atoms. The lowest BCUT2D eigenvalue weighted by atomic mass is 10.3. The maximum Gasteiger partial charge on any atom is 0.218 e. The van der Waals surface area contributed by atoms with Gasteiger partial charge in [-0.25, -0.2) is 10.4 Å². The highest BCUT2D eigenvalue weighted by Crippen LogP contribution is 2.16. The Kier molecular flexibility index (Phi) is 1.87. The van der Waals surface area contributed by atoms with Crippen LogP contribution in [0.3, 0.4) is 0 Å². The molecule has 1 aromatic carbocycles. The summed E-state index contributed by atoms with van der Waals surface area (Å²) in [5, 5.41) is 1.96. The lowest BCUT2D eigenvalue weighted by Crippen LogP contribution is -2.31. The Morgan fingerprint density at radius 1 is 1.40 bits per heavy atom. The topological polar surface area (TPSA) is 70.0 Å². The fourth-order valence-electron chi connectivity index (χ4n) is 1.82. The molecule has 5 heteroatoms. The molecule has 1 saturated heterocycles. The first-order valence-electron chi connectivity index (χ1n) is 5.04. The number of nitrogens with one attached hydrogen (secondary N) is 2. The van der Waals surface area contributed by atoms with Gasteiger partial charge in [0.05, 0.1) is 17.6 Å². The minimum Gasteiger partial charge on any atom is -0.325 e. The molecule has 1 aliphatic rings. The minimum atomic E-state index is 0.179. The van der Waals surface area contributed by atoms with Gasteiger partial charge in [-0.15, -0.1) is 0 Å². The molecule has 78 valence electrons. The molecule has 0 spiro atoms. The number of rotatable bonds is 1. The zero-order chi connectivity index (χ0) is 10.3. The molecule has 1 fully saturated rings. The predicted octanol–water partition coefficient (Wildman–Crippen LogP) is 0.215. The zero-order valence-corrected chi connectivity index (χ0v) is 8.27. The van der Waals surface area contributed by atoms with E-state index in [2.05, 4.69) is 15.4 Å². The van der Waals surface area contributed by atoms with Crippen LogP contribution in [0.1, 0.15) is 0 Å². The molecule has 1 aromatic heterocycles. The maximum absolute atomic E-state index is 5.81. The van der Waals surface area contributed by atoms with Gasteiger partial charge < -0.3 is 10.7 Å². The van der Waals surface area contributed by atoms with Crippen LogP contribution in [-0.2, 0) is 0 Å². The number of nitrogens with two attached hydrogens (primary N) is 1. The van der Waals surface area contributed by atoms with Crippen molar-refractivity contribution in [3.05, 3.63) is 24.3 Å². The first kappa shape index (κ1) is 8.70. The number of aromatic nitrogens is 2. The number of hydrogen-bond acceptors (Lipinski definition) is 4. The molecule has 2 aromatic rings. The molecular formula is C10H13N5. The number of aromatic amines is 1. The highest BCUT2D eigenvalue weighted by Gasteiger charge is 2.21. The van der Waals surface area contributed by atoms with Crippen molar-refractivity contribution in [3.63, 3.8) is 0 Å². The number of benzene rings is 1. The lowest BCUT2D eigenvalue weighted by Gasteiger charge is -2.13. The van der Waals surface area contributed by atoms with Gasteiger partial charge in [0.25, 0.3) is 0 Å². The Morgan fingerprint density at radius 3 is 3.00 bits per heavy atom. The van der Waals surface area contributed by atoms with E-state index in [-0.39, 0.29) is 6.04 Å². The van der Waals surface area contributed by atoms with E-state index < -0.39 is 0 Å². The van der Waals surface area contributed by atoms with E-state index in [4.69, 9.17) is 5.73 Å². The van der Waals surface area contributed by atoms with E-state index >= 15 is 0 Å². The van der Waals surface area contributed by atoms with Gasteiger partial charge in [-0.05, 0) is 12.1 Å². The summed E-state index contributed by atoms with van der Waals surface area (Å²) < 4.78 is 0. The number of nitrogens with zero attached hydrogens (tertiary/aromatic N) is 2. The highest BCUT2D eigenvalue weighted by molar-refractivity contribution is 5.77. The number of hydrazine groups is 1. The maximum atomic E-state index is 5.81. The summed E-state index contributed by atoms with van der Waals surface area (Å²) in [6.45, 7) is 1.59. The summed E-state index contributed by atoms with van der Waals surface area (Å²) in [5.41, 5.74) is 11.0. The minimum absolute atomic E-state index is 0.179. The first-order valence-corrected chi connectivity index (χ1v) is 5.04. The van der Waals surface area contributed by atoms with Crippen molar-refractivity contribution in [1.29, 1.82) is 0 Å². The third-order valence-corrected chi connectivity index (χ3v) is 2.59. The molecule has 1 aliphatic heterocycles. The molecule has 2 heterocycles. The Morgan fingerprint density at radius 2 is 2.27 bits per heavy atom. The summed E-state index contributed by atoms with van der Waals surface area (Å²) in [7, 11) is 0. The Bertz CT molecular complexity index is 444. The van der Waals surface area contributed by atoms with Crippen LogP contribution < -0.4 is 16.2 Å². The van der Waals surface area contributed by atoms with E-state index in [0.29, 0.717) is 0 Å². The zero-order valence-electron chi connectivity index (χ0n) is 8.27. The highest BCUT2D eigenvalue weighted by atomic mass is 15.6. The number of imidazole rings is 1. The lowest BCUT2D eigenvalue weighted by molar-refractivity contribution is 0.753. The van der Waals surface area contributed by atoms with Crippen LogP contribution in [0.25, 0.3) is 11.0 Å². The number of H-pyrrole nitrogens is 1. The molecule has 1 unspecified atom stereocenters. The second-order valence-corrected chi connectivity index (χ2v) is 3.81. The molecule has 1 atom stereocenters. The normalized spacial score (nSPS) is 21.4. The van der Waals surface area contributed by atoms with Crippen LogP contribution in [0.5, 0.6) is 0 Å². The largest absolute Gasteiger partial charge is 0.325 e. The molecule has 15 heavy (non-hydrogen) atoms. The number of para-hydroxylation sites is 2. The van der Waals surface area contributed by atoms with Crippen molar-refractivity contribution in [3.8, 4) is 0 Å². The van der Waals surface area contributed by atoms with Crippen molar-refractivity contribution >= 4 is 17.0 Å². The summed E-state index contributed by atoms with van der Waals surface area (Å²) in [5.74, 6) is 0.837. The molecule has 0 radical (unpaired) electrons. The second-order valence-electron chi connectivity index (χ2n) is 3.81. The summed E-state index contributed by atoms with van der Waals surface area (Å²) in [4.78, 5) is 7.74. The number of fused-ring (bicyclic) bond motifs is 1. The van der Waals surface area contributed by atoms with Crippen LogP contribution >= 0.6 is 0 Å². The fourth-order valence-corrected chi connectivity index (χ4v) is 1.82. The van der Waals surface area contributed by atoms with Gasteiger partial charge in [-0.2, -0.15) is 0 Å². The Hall–Kier alpha value is -1.59. The van der Waals surface area contributed by atoms with Gasteiger partial charge in [-0.3, -0.25) is 5.01 Å². The third-order valence-electron chi connectivity index (χ3n) is 2.59. The van der Waals surface area contributed by atoms with Gasteiger partial charge >= 0.3 is 0 Å². The number of anilines is 1. The van der Waals surface area contributed by atoms with Crippen LogP contribution in [0, 0.1) is 0 Å². The van der Waals surface area contributed by atoms with Crippen molar-refractivity contribution in [2.75, 3.05) is 18.1 Å². The predicted molar refractivity (Wildman–Crippen MR) is 59.4 cm³/mol. The van der Waals surface area contributed by atoms with Crippen molar-refractivity contribution in [2.45, 2.75) is 6.04 Å². The molecule has 0 aliphatic carbocycles. The molecule has 0 saturated carbocycles. The molecule has 5 nitrogen and oxygen atoms in total. The Balaban J connectivity index is 1.98. The van der Waals surface area contributed by atoms with Gasteiger partial charge in [0.15, 0.2) is 0 Å². The van der Waals surface area contributed by atoms with E-state index in [1.54, 1.807) is 0 Å². The van der Waals surface area contributed by atoms with Gasteiger partial charge in [0.1, 0.15) is 0 Å². The summed E-state index contributed by atoms with van der Waals surface area (Å²) in [6, 6.07) is 8.16. The van der Waals surface area contributed by atoms with Gasteiger partial charge in [-0.1, -0.05) is 12.1 Å². The molecule has 4 N–H and O–H groups in total. The molecule has 0 amide bonds. The van der Waals surface area contributed by atoms with Gasteiger partial charge in [0.2, 0.25) is 5.95 Å². The third kappa shape index (κ3) is 1.45. The van der Waals surface area contributed by atoms with E-state index in [1.807, 2.05) is 29.3 Å². The van der Waals surface area contributed by atoms with Crippen molar-refractivity contribution < 1.29 is 0 Å².